The second kappa shape index (κ2) is 9.13. The zero-order valence-electron chi connectivity index (χ0n) is 16.6. The molecule has 0 heterocycles. The second-order valence-corrected chi connectivity index (χ2v) is 7.18. The van der Waals surface area contributed by atoms with Gasteiger partial charge in [0.05, 0.1) is 5.56 Å². The number of rotatable bonds is 6. The van der Waals surface area contributed by atoms with Crippen LogP contribution in [-0.4, -0.2) is 23.9 Å². The van der Waals surface area contributed by atoms with Crippen molar-refractivity contribution in [3.63, 3.8) is 0 Å². The number of esters is 1. The molecule has 1 saturated carbocycles. The van der Waals surface area contributed by atoms with Gasteiger partial charge in [-0.3, -0.25) is 4.79 Å². The largest absolute Gasteiger partial charge is 0.423 e. The fraction of sp³-hybridized carbons (Fsp3) is 0.125. The van der Waals surface area contributed by atoms with E-state index in [9.17, 15) is 14.4 Å². The van der Waals surface area contributed by atoms with Crippen LogP contribution in [-0.2, 0) is 0 Å². The van der Waals surface area contributed by atoms with E-state index >= 15 is 0 Å². The van der Waals surface area contributed by atoms with Gasteiger partial charge >= 0.3 is 12.0 Å². The normalized spacial score (nSPS) is 12.5. The van der Waals surface area contributed by atoms with Crippen LogP contribution < -0.4 is 20.7 Å². The molecule has 31 heavy (non-hydrogen) atoms. The lowest BCUT2D eigenvalue weighted by atomic mass is 10.2. The molecule has 0 bridgehead atoms. The van der Waals surface area contributed by atoms with Crippen molar-refractivity contribution >= 4 is 29.3 Å². The Kier molecular flexibility index (Phi) is 5.93. The van der Waals surface area contributed by atoms with Gasteiger partial charge in [-0.2, -0.15) is 0 Å². The van der Waals surface area contributed by atoms with E-state index in [4.69, 9.17) is 4.74 Å². The minimum atomic E-state index is -0.518. The molecule has 0 unspecified atom stereocenters. The van der Waals surface area contributed by atoms with Gasteiger partial charge in [0, 0.05) is 23.0 Å². The Morgan fingerprint density at radius 1 is 0.710 bits per heavy atom. The minimum Gasteiger partial charge on any atom is -0.423 e. The number of carbonyl (C=O) groups excluding carboxylic acids is 3. The highest BCUT2D eigenvalue weighted by atomic mass is 16.5. The molecule has 0 aliphatic heterocycles. The monoisotopic (exact) mass is 415 g/mol. The zero-order valence-corrected chi connectivity index (χ0v) is 16.6. The Labute approximate surface area is 179 Å². The molecule has 3 aromatic carbocycles. The summed E-state index contributed by atoms with van der Waals surface area (Å²) < 4.78 is 5.38. The average molecular weight is 415 g/mol. The fourth-order valence-corrected chi connectivity index (χ4v) is 2.83. The molecular formula is C24H21N3O4. The van der Waals surface area contributed by atoms with E-state index in [1.54, 1.807) is 72.8 Å². The minimum absolute atomic E-state index is 0.218. The average Bonchev–Trinajstić information content (AvgIpc) is 3.60. The molecule has 0 aromatic heterocycles. The van der Waals surface area contributed by atoms with Gasteiger partial charge in [-0.15, -0.1) is 0 Å². The van der Waals surface area contributed by atoms with Gasteiger partial charge in [0.25, 0.3) is 5.91 Å². The van der Waals surface area contributed by atoms with Gasteiger partial charge in [-0.1, -0.05) is 18.2 Å². The van der Waals surface area contributed by atoms with Crippen LogP contribution in [0.2, 0.25) is 0 Å². The van der Waals surface area contributed by atoms with Gasteiger partial charge in [0.1, 0.15) is 5.75 Å². The number of amides is 3. The van der Waals surface area contributed by atoms with Crippen LogP contribution in [0.4, 0.5) is 16.2 Å². The lowest BCUT2D eigenvalue weighted by Crippen LogP contribution is -2.30. The summed E-state index contributed by atoms with van der Waals surface area (Å²) >= 11 is 0. The third-order valence-electron chi connectivity index (χ3n) is 4.65. The van der Waals surface area contributed by atoms with Crippen LogP contribution >= 0.6 is 0 Å². The number of nitrogens with one attached hydrogen (secondary N) is 3. The molecule has 0 spiro atoms. The SMILES string of the molecule is O=C(Nc1ccc(C(=O)Oc2ccc(NC(=O)c3ccccc3)cc2)cc1)NC1CC1. The number of anilines is 2. The van der Waals surface area contributed by atoms with Crippen molar-refractivity contribution in [2.24, 2.45) is 0 Å². The molecular weight excluding hydrogens is 394 g/mol. The van der Waals surface area contributed by atoms with Crippen LogP contribution in [0.25, 0.3) is 0 Å². The second-order valence-electron chi connectivity index (χ2n) is 7.18. The molecule has 1 aliphatic rings. The molecule has 3 aromatic rings. The predicted octanol–water partition coefficient (Wildman–Crippen LogP) is 4.44. The van der Waals surface area contributed by atoms with Crippen molar-refractivity contribution in [2.45, 2.75) is 18.9 Å². The van der Waals surface area contributed by atoms with Gasteiger partial charge in [0.2, 0.25) is 0 Å². The number of hydrogen-bond donors (Lipinski definition) is 3. The summed E-state index contributed by atoms with van der Waals surface area (Å²) in [7, 11) is 0. The third kappa shape index (κ3) is 5.70. The molecule has 156 valence electrons. The van der Waals surface area contributed by atoms with Crippen molar-refractivity contribution in [1.82, 2.24) is 5.32 Å². The van der Waals surface area contributed by atoms with E-state index < -0.39 is 5.97 Å². The topological polar surface area (TPSA) is 96.5 Å². The van der Waals surface area contributed by atoms with Crippen molar-refractivity contribution in [3.05, 3.63) is 90.0 Å². The van der Waals surface area contributed by atoms with Crippen molar-refractivity contribution in [2.75, 3.05) is 10.6 Å². The van der Waals surface area contributed by atoms with E-state index in [0.29, 0.717) is 28.3 Å². The Bertz CT molecular complexity index is 1080. The molecule has 3 N–H and O–H groups in total. The van der Waals surface area contributed by atoms with Crippen molar-refractivity contribution in [3.8, 4) is 5.75 Å². The molecule has 1 fully saturated rings. The highest BCUT2D eigenvalue weighted by Gasteiger charge is 2.23. The van der Waals surface area contributed by atoms with Gasteiger partial charge in [-0.05, 0) is 73.5 Å². The molecule has 0 radical (unpaired) electrons. The molecule has 7 heteroatoms. The van der Waals surface area contributed by atoms with Crippen molar-refractivity contribution in [1.29, 1.82) is 0 Å². The maximum Gasteiger partial charge on any atom is 0.343 e. The van der Waals surface area contributed by atoms with E-state index in [1.165, 1.54) is 0 Å². The summed E-state index contributed by atoms with van der Waals surface area (Å²) in [5, 5.41) is 8.34. The molecule has 7 nitrogen and oxygen atoms in total. The summed E-state index contributed by atoms with van der Waals surface area (Å²) in [4.78, 5) is 36.3. The summed E-state index contributed by atoms with van der Waals surface area (Å²) in [6.07, 6.45) is 2.02. The highest BCUT2D eigenvalue weighted by molar-refractivity contribution is 6.04. The molecule has 4 rings (SSSR count). The van der Waals surface area contributed by atoms with Crippen LogP contribution in [0.1, 0.15) is 33.6 Å². The van der Waals surface area contributed by atoms with Gasteiger partial charge < -0.3 is 20.7 Å². The summed E-state index contributed by atoms with van der Waals surface area (Å²) in [5.74, 6) is -0.381. The first-order valence-electron chi connectivity index (χ1n) is 9.93. The lowest BCUT2D eigenvalue weighted by Gasteiger charge is -2.09. The van der Waals surface area contributed by atoms with Gasteiger partial charge in [-0.25, -0.2) is 9.59 Å². The highest BCUT2D eigenvalue weighted by Crippen LogP contribution is 2.20. The maximum absolute atomic E-state index is 12.4. The summed E-state index contributed by atoms with van der Waals surface area (Å²) in [5.41, 5.74) is 2.09. The number of ether oxygens (including phenoxy) is 1. The third-order valence-corrected chi connectivity index (χ3v) is 4.65. The van der Waals surface area contributed by atoms with Crippen molar-refractivity contribution < 1.29 is 19.1 Å². The van der Waals surface area contributed by atoms with Gasteiger partial charge in [0.15, 0.2) is 0 Å². The van der Waals surface area contributed by atoms with Crippen LogP contribution in [0, 0.1) is 0 Å². The lowest BCUT2D eigenvalue weighted by molar-refractivity contribution is 0.0734. The van der Waals surface area contributed by atoms with Crippen LogP contribution in [0.3, 0.4) is 0 Å². The number of urea groups is 1. The Morgan fingerprint density at radius 3 is 1.97 bits per heavy atom. The molecule has 0 atom stereocenters. The Balaban J connectivity index is 1.30. The van der Waals surface area contributed by atoms with Crippen LogP contribution in [0.5, 0.6) is 5.75 Å². The first kappa shape index (κ1) is 20.2. The smallest absolute Gasteiger partial charge is 0.343 e. The Morgan fingerprint density at radius 2 is 1.32 bits per heavy atom. The molecule has 0 saturated heterocycles. The quantitative estimate of drug-likeness (QED) is 0.410. The first-order valence-corrected chi connectivity index (χ1v) is 9.93. The van der Waals surface area contributed by atoms with E-state index in [2.05, 4.69) is 16.0 Å². The first-order chi connectivity index (χ1) is 15.1. The fourth-order valence-electron chi connectivity index (χ4n) is 2.83. The zero-order chi connectivity index (χ0) is 21.6. The standard InChI is InChI=1S/C24H21N3O4/c28-22(16-4-2-1-3-5-16)25-18-12-14-21(15-13-18)31-23(29)17-6-8-19(9-7-17)26-24(30)27-20-10-11-20/h1-9,12-15,20H,10-11H2,(H,25,28)(H2,26,27,30). The maximum atomic E-state index is 12.4. The number of hydrogen-bond acceptors (Lipinski definition) is 4. The van der Waals surface area contributed by atoms with E-state index in [0.717, 1.165) is 12.8 Å². The molecule has 1 aliphatic carbocycles. The van der Waals surface area contributed by atoms with E-state index in [1.807, 2.05) is 6.07 Å². The summed E-state index contributed by atoms with van der Waals surface area (Å²) in [6, 6.07) is 21.9. The Hall–Kier alpha value is -4.13. The number of carbonyl (C=O) groups is 3. The molecule has 3 amide bonds. The van der Waals surface area contributed by atoms with E-state index in [-0.39, 0.29) is 18.0 Å². The number of benzene rings is 3. The van der Waals surface area contributed by atoms with Crippen LogP contribution in [0.15, 0.2) is 78.9 Å². The summed E-state index contributed by atoms with van der Waals surface area (Å²) in [6.45, 7) is 0. The predicted molar refractivity (Wildman–Crippen MR) is 117 cm³/mol.